The molecule has 1 N–H and O–H groups in total. The quantitative estimate of drug-likeness (QED) is 0.461. The van der Waals surface area contributed by atoms with Gasteiger partial charge in [-0.2, -0.15) is 0 Å². The van der Waals surface area contributed by atoms with E-state index in [0.29, 0.717) is 5.92 Å². The van der Waals surface area contributed by atoms with E-state index in [-0.39, 0.29) is 6.09 Å². The SMILES string of the molecule is CC.CC(C)(C)OC(=O)N1CCC(c2cccc3c(Sc4ccccc4)c[nH]c23)CC1. The topological polar surface area (TPSA) is 45.3 Å². The molecule has 1 fully saturated rings. The van der Waals surface area contributed by atoms with Crippen LogP contribution in [0.2, 0.25) is 0 Å². The van der Waals surface area contributed by atoms with Crippen molar-refractivity contribution in [1.82, 2.24) is 9.88 Å². The number of rotatable bonds is 3. The number of hydrogen-bond acceptors (Lipinski definition) is 3. The van der Waals surface area contributed by atoms with Gasteiger partial charge in [-0.1, -0.05) is 62.0 Å². The number of ether oxygens (including phenoxy) is 1. The van der Waals surface area contributed by atoms with E-state index in [0.717, 1.165) is 25.9 Å². The van der Waals surface area contributed by atoms with Crippen LogP contribution in [0.25, 0.3) is 10.9 Å². The monoisotopic (exact) mass is 438 g/mol. The Labute approximate surface area is 190 Å². The van der Waals surface area contributed by atoms with Crippen LogP contribution in [-0.2, 0) is 4.74 Å². The minimum absolute atomic E-state index is 0.199. The molecule has 2 heterocycles. The lowest BCUT2D eigenvalue weighted by atomic mass is 9.88. The van der Waals surface area contributed by atoms with Gasteiger partial charge in [-0.25, -0.2) is 4.79 Å². The molecule has 166 valence electrons. The van der Waals surface area contributed by atoms with Crippen LogP contribution in [0.15, 0.2) is 64.5 Å². The standard InChI is InChI=1S/C24H28N2O2S.C2H6/c1-24(2,3)28-23(27)26-14-12-17(13-15-26)19-10-7-11-20-21(16-25-22(19)20)29-18-8-5-4-6-9-18;1-2/h4-11,16-17,25H,12-15H2,1-3H3;1-2H3. The zero-order valence-electron chi connectivity index (χ0n) is 19.3. The Balaban J connectivity index is 0.00000132. The summed E-state index contributed by atoms with van der Waals surface area (Å²) in [4.78, 5) is 20.2. The number of benzene rings is 2. The molecule has 31 heavy (non-hydrogen) atoms. The van der Waals surface area contributed by atoms with Crippen LogP contribution in [0.5, 0.6) is 0 Å². The van der Waals surface area contributed by atoms with Gasteiger partial charge in [-0.3, -0.25) is 0 Å². The average molecular weight is 439 g/mol. The van der Waals surface area contributed by atoms with Gasteiger partial charge in [0.15, 0.2) is 0 Å². The number of aromatic amines is 1. The summed E-state index contributed by atoms with van der Waals surface area (Å²) in [6.45, 7) is 11.2. The zero-order valence-corrected chi connectivity index (χ0v) is 20.1. The molecule has 4 nitrogen and oxygen atoms in total. The van der Waals surface area contributed by atoms with Gasteiger partial charge < -0.3 is 14.6 Å². The lowest BCUT2D eigenvalue weighted by molar-refractivity contribution is 0.0205. The van der Waals surface area contributed by atoms with Gasteiger partial charge in [0.1, 0.15) is 5.60 Å². The molecule has 2 aromatic carbocycles. The minimum Gasteiger partial charge on any atom is -0.444 e. The van der Waals surface area contributed by atoms with Crippen LogP contribution in [-0.4, -0.2) is 34.7 Å². The van der Waals surface area contributed by atoms with E-state index in [4.69, 9.17) is 4.74 Å². The third kappa shape index (κ3) is 5.85. The Kier molecular flexibility index (Phi) is 7.71. The van der Waals surface area contributed by atoms with E-state index in [1.807, 2.05) is 45.6 Å². The fourth-order valence-electron chi connectivity index (χ4n) is 3.89. The van der Waals surface area contributed by atoms with Crippen molar-refractivity contribution in [3.63, 3.8) is 0 Å². The molecule has 0 aliphatic carbocycles. The van der Waals surface area contributed by atoms with Crippen molar-refractivity contribution in [2.45, 2.75) is 68.8 Å². The van der Waals surface area contributed by atoms with E-state index in [1.54, 1.807) is 11.8 Å². The van der Waals surface area contributed by atoms with Crippen LogP contribution in [0.1, 0.15) is 58.9 Å². The van der Waals surface area contributed by atoms with Crippen LogP contribution >= 0.6 is 11.8 Å². The predicted molar refractivity (Wildman–Crippen MR) is 130 cm³/mol. The Morgan fingerprint density at radius 2 is 1.71 bits per heavy atom. The highest BCUT2D eigenvalue weighted by molar-refractivity contribution is 7.99. The lowest BCUT2D eigenvalue weighted by Gasteiger charge is -2.33. The summed E-state index contributed by atoms with van der Waals surface area (Å²) in [5.41, 5.74) is 2.13. The van der Waals surface area contributed by atoms with E-state index in [9.17, 15) is 4.79 Å². The maximum absolute atomic E-state index is 12.3. The van der Waals surface area contributed by atoms with Gasteiger partial charge in [0.25, 0.3) is 0 Å². The maximum Gasteiger partial charge on any atom is 0.410 e. The van der Waals surface area contributed by atoms with Crippen molar-refractivity contribution < 1.29 is 9.53 Å². The molecular weight excluding hydrogens is 404 g/mol. The molecule has 1 aromatic heterocycles. The number of hydrogen-bond donors (Lipinski definition) is 1. The lowest BCUT2D eigenvalue weighted by Crippen LogP contribution is -2.41. The molecule has 3 aromatic rings. The Morgan fingerprint density at radius 1 is 1.03 bits per heavy atom. The van der Waals surface area contributed by atoms with Crippen LogP contribution < -0.4 is 0 Å². The van der Waals surface area contributed by atoms with E-state index in [1.165, 1.54) is 26.3 Å². The molecule has 0 unspecified atom stereocenters. The van der Waals surface area contributed by atoms with Crippen LogP contribution in [0.4, 0.5) is 4.79 Å². The van der Waals surface area contributed by atoms with Gasteiger partial charge in [0.2, 0.25) is 0 Å². The second-order valence-electron chi connectivity index (χ2n) is 8.58. The summed E-state index contributed by atoms with van der Waals surface area (Å²) in [6.07, 6.45) is 3.83. The largest absolute Gasteiger partial charge is 0.444 e. The van der Waals surface area contributed by atoms with Gasteiger partial charge in [0.05, 0.1) is 5.52 Å². The number of nitrogens with one attached hydrogen (secondary N) is 1. The summed E-state index contributed by atoms with van der Waals surface area (Å²) in [5, 5.41) is 1.27. The number of nitrogens with zero attached hydrogens (tertiary/aromatic N) is 1. The predicted octanol–water partition coefficient (Wildman–Crippen LogP) is 7.46. The molecule has 1 amide bonds. The third-order valence-corrected chi connectivity index (χ3v) is 6.33. The molecule has 0 bridgehead atoms. The number of aromatic nitrogens is 1. The normalized spacial score (nSPS) is 14.8. The van der Waals surface area contributed by atoms with Crippen molar-refractivity contribution in [3.05, 3.63) is 60.3 Å². The molecule has 4 rings (SSSR count). The van der Waals surface area contributed by atoms with Crippen molar-refractivity contribution in [2.24, 2.45) is 0 Å². The van der Waals surface area contributed by atoms with Crippen molar-refractivity contribution in [1.29, 1.82) is 0 Å². The molecular formula is C26H34N2O2S. The first kappa shape index (κ1) is 23.3. The highest BCUT2D eigenvalue weighted by Gasteiger charge is 2.28. The molecule has 0 radical (unpaired) electrons. The fourth-order valence-corrected chi connectivity index (χ4v) is 4.84. The van der Waals surface area contributed by atoms with E-state index < -0.39 is 5.60 Å². The van der Waals surface area contributed by atoms with Gasteiger partial charge in [0, 0.05) is 34.5 Å². The van der Waals surface area contributed by atoms with Gasteiger partial charge >= 0.3 is 6.09 Å². The Morgan fingerprint density at radius 3 is 2.35 bits per heavy atom. The third-order valence-electron chi connectivity index (χ3n) is 5.27. The number of H-pyrrole nitrogens is 1. The fraction of sp³-hybridized carbons (Fsp3) is 0.423. The number of para-hydroxylation sites is 1. The number of carbonyl (C=O) groups is 1. The molecule has 5 heteroatoms. The highest BCUT2D eigenvalue weighted by Crippen LogP contribution is 2.38. The second-order valence-corrected chi connectivity index (χ2v) is 9.69. The van der Waals surface area contributed by atoms with Crippen LogP contribution in [0, 0.1) is 0 Å². The first-order chi connectivity index (χ1) is 14.9. The molecule has 0 saturated carbocycles. The van der Waals surface area contributed by atoms with E-state index >= 15 is 0 Å². The van der Waals surface area contributed by atoms with Gasteiger partial charge in [-0.15, -0.1) is 0 Å². The summed E-state index contributed by atoms with van der Waals surface area (Å²) in [6, 6.07) is 17.0. The first-order valence-electron chi connectivity index (χ1n) is 11.2. The Hall–Kier alpha value is -2.40. The zero-order chi connectivity index (χ0) is 22.4. The summed E-state index contributed by atoms with van der Waals surface area (Å²) in [7, 11) is 0. The first-order valence-corrected chi connectivity index (χ1v) is 12.0. The van der Waals surface area contributed by atoms with Crippen LogP contribution in [0.3, 0.4) is 0 Å². The smallest absolute Gasteiger partial charge is 0.410 e. The minimum atomic E-state index is -0.448. The molecule has 1 saturated heterocycles. The Bertz CT molecular complexity index is 984. The number of fused-ring (bicyclic) bond motifs is 1. The van der Waals surface area contributed by atoms with E-state index in [2.05, 4.69) is 53.6 Å². The summed E-state index contributed by atoms with van der Waals surface area (Å²) in [5.74, 6) is 0.450. The molecule has 0 spiro atoms. The maximum atomic E-state index is 12.3. The van der Waals surface area contributed by atoms with Crippen molar-refractivity contribution >= 4 is 28.8 Å². The van der Waals surface area contributed by atoms with Crippen molar-refractivity contribution in [2.75, 3.05) is 13.1 Å². The summed E-state index contributed by atoms with van der Waals surface area (Å²) >= 11 is 1.79. The summed E-state index contributed by atoms with van der Waals surface area (Å²) < 4.78 is 5.53. The molecule has 1 aliphatic heterocycles. The molecule has 1 aliphatic rings. The average Bonchev–Trinajstić information content (AvgIpc) is 3.18. The number of carbonyl (C=O) groups excluding carboxylic acids is 1. The number of likely N-dealkylation sites (tertiary alicyclic amines) is 1. The van der Waals surface area contributed by atoms with Crippen molar-refractivity contribution in [3.8, 4) is 0 Å². The number of piperidine rings is 1. The van der Waals surface area contributed by atoms with Gasteiger partial charge in [-0.05, 0) is 57.2 Å². The molecule has 0 atom stereocenters. The number of amides is 1. The highest BCUT2D eigenvalue weighted by atomic mass is 32.2. The second kappa shape index (κ2) is 10.3.